The van der Waals surface area contributed by atoms with Crippen molar-refractivity contribution in [3.8, 4) is 23.0 Å². The molecular weight excluding hydrogens is 334 g/mol. The van der Waals surface area contributed by atoms with Crippen molar-refractivity contribution in [2.75, 3.05) is 27.6 Å². The van der Waals surface area contributed by atoms with Gasteiger partial charge in [0.1, 0.15) is 0 Å². The Hall–Kier alpha value is -3.15. The molecule has 132 valence electrons. The monoisotopic (exact) mass is 351 g/mol. The average molecular weight is 351 g/mol. The van der Waals surface area contributed by atoms with Gasteiger partial charge in [0.15, 0.2) is 28.8 Å². The standard InChI is InChI=1S/C20H17NO5/c1-23-13-4-3-11-17(20(13)24-2)18-16(19(11)22)12-8-15-14(25-9-26-15)7-10(12)5-6-21-18/h3-4,7-8,21H,5-6,9H2,1-2H3. The fourth-order valence-corrected chi connectivity index (χ4v) is 3.92. The largest absolute Gasteiger partial charge is 0.493 e. The molecule has 6 heteroatoms. The lowest BCUT2D eigenvalue weighted by atomic mass is 9.95. The summed E-state index contributed by atoms with van der Waals surface area (Å²) in [5.74, 6) is 2.55. The highest BCUT2D eigenvalue weighted by atomic mass is 16.7. The summed E-state index contributed by atoms with van der Waals surface area (Å²) >= 11 is 0. The quantitative estimate of drug-likeness (QED) is 0.897. The van der Waals surface area contributed by atoms with E-state index in [1.54, 1.807) is 26.4 Å². The smallest absolute Gasteiger partial charge is 0.231 e. The van der Waals surface area contributed by atoms with Crippen LogP contribution in [-0.4, -0.2) is 33.3 Å². The summed E-state index contributed by atoms with van der Waals surface area (Å²) in [5.41, 5.74) is 4.77. The number of Topliss-reactive ketones (excluding diaryl/α,β-unsaturated/α-hetero) is 1. The highest BCUT2D eigenvalue weighted by Crippen LogP contribution is 2.48. The molecule has 5 rings (SSSR count). The molecule has 0 atom stereocenters. The molecule has 0 bridgehead atoms. The Labute approximate surface area is 150 Å². The van der Waals surface area contributed by atoms with E-state index in [2.05, 4.69) is 5.32 Å². The maximum absolute atomic E-state index is 13.2. The lowest BCUT2D eigenvalue weighted by Gasteiger charge is -2.15. The number of fused-ring (bicyclic) bond motifs is 5. The van der Waals surface area contributed by atoms with Crippen LogP contribution in [0.4, 0.5) is 0 Å². The molecule has 2 aromatic rings. The number of nitrogens with one attached hydrogen (secondary N) is 1. The van der Waals surface area contributed by atoms with E-state index >= 15 is 0 Å². The van der Waals surface area contributed by atoms with Crippen molar-refractivity contribution < 1.29 is 23.7 Å². The second kappa shape index (κ2) is 5.42. The second-order valence-corrected chi connectivity index (χ2v) is 6.34. The first-order valence-electron chi connectivity index (χ1n) is 8.44. The summed E-state index contributed by atoms with van der Waals surface area (Å²) in [6.45, 7) is 0.917. The van der Waals surface area contributed by atoms with E-state index in [9.17, 15) is 4.79 Å². The van der Waals surface area contributed by atoms with E-state index in [1.807, 2.05) is 12.1 Å². The Morgan fingerprint density at radius 1 is 1.04 bits per heavy atom. The van der Waals surface area contributed by atoms with Crippen molar-refractivity contribution >= 4 is 17.1 Å². The van der Waals surface area contributed by atoms with Gasteiger partial charge in [0.2, 0.25) is 6.79 Å². The van der Waals surface area contributed by atoms with Crippen molar-refractivity contribution in [2.24, 2.45) is 0 Å². The molecule has 3 aliphatic rings. The number of hydrogen-bond donors (Lipinski definition) is 1. The Kier molecular flexibility index (Phi) is 3.16. The topological polar surface area (TPSA) is 66.0 Å². The molecular formula is C20H17NO5. The highest BCUT2D eigenvalue weighted by molar-refractivity contribution is 6.40. The number of allylic oxidation sites excluding steroid dienone is 1. The molecule has 0 saturated heterocycles. The Morgan fingerprint density at radius 2 is 1.85 bits per heavy atom. The lowest BCUT2D eigenvalue weighted by molar-refractivity contribution is 0.105. The Bertz CT molecular complexity index is 992. The zero-order valence-electron chi connectivity index (χ0n) is 14.5. The molecule has 0 aromatic heterocycles. The molecule has 0 saturated carbocycles. The average Bonchev–Trinajstić information content (AvgIpc) is 3.16. The summed E-state index contributed by atoms with van der Waals surface area (Å²) in [6, 6.07) is 7.45. The number of methoxy groups -OCH3 is 2. The van der Waals surface area contributed by atoms with Crippen LogP contribution in [0.15, 0.2) is 24.3 Å². The molecule has 2 aliphatic heterocycles. The summed E-state index contributed by atoms with van der Waals surface area (Å²) in [5, 5.41) is 3.42. The van der Waals surface area contributed by atoms with E-state index < -0.39 is 0 Å². The van der Waals surface area contributed by atoms with Gasteiger partial charge in [-0.3, -0.25) is 4.79 Å². The first kappa shape index (κ1) is 15.1. The molecule has 2 aromatic carbocycles. The van der Waals surface area contributed by atoms with E-state index in [-0.39, 0.29) is 12.6 Å². The fraction of sp³-hybridized carbons (Fsp3) is 0.250. The Morgan fingerprint density at radius 3 is 2.62 bits per heavy atom. The van der Waals surface area contributed by atoms with Gasteiger partial charge in [-0.25, -0.2) is 0 Å². The molecule has 26 heavy (non-hydrogen) atoms. The fourth-order valence-electron chi connectivity index (χ4n) is 3.92. The van der Waals surface area contributed by atoms with Gasteiger partial charge in [0.25, 0.3) is 0 Å². The van der Waals surface area contributed by atoms with Crippen LogP contribution in [0.5, 0.6) is 23.0 Å². The van der Waals surface area contributed by atoms with Crippen molar-refractivity contribution in [1.82, 2.24) is 5.32 Å². The zero-order valence-corrected chi connectivity index (χ0v) is 14.5. The summed E-state index contributed by atoms with van der Waals surface area (Å²) in [4.78, 5) is 13.2. The number of carbonyl (C=O) groups excluding carboxylic acids is 1. The normalized spacial score (nSPS) is 16.5. The molecule has 1 aliphatic carbocycles. The molecule has 0 radical (unpaired) electrons. The predicted molar refractivity (Wildman–Crippen MR) is 95.0 cm³/mol. The van der Waals surface area contributed by atoms with Crippen LogP contribution in [0.25, 0.3) is 11.3 Å². The van der Waals surface area contributed by atoms with Gasteiger partial charge in [-0.05, 0) is 41.8 Å². The van der Waals surface area contributed by atoms with Gasteiger partial charge < -0.3 is 24.3 Å². The maximum atomic E-state index is 13.2. The first-order chi connectivity index (χ1) is 12.7. The van der Waals surface area contributed by atoms with Crippen LogP contribution in [0.3, 0.4) is 0 Å². The number of rotatable bonds is 2. The summed E-state index contributed by atoms with van der Waals surface area (Å²) in [6.07, 6.45) is 0.786. The number of carbonyl (C=O) groups is 1. The molecule has 1 N–H and O–H groups in total. The third-order valence-electron chi connectivity index (χ3n) is 5.08. The number of ether oxygens (including phenoxy) is 4. The number of ketones is 1. The summed E-state index contributed by atoms with van der Waals surface area (Å²) in [7, 11) is 3.18. The van der Waals surface area contributed by atoms with Crippen LogP contribution in [0.2, 0.25) is 0 Å². The van der Waals surface area contributed by atoms with E-state index in [0.717, 1.165) is 34.6 Å². The minimum atomic E-state index is -0.0227. The van der Waals surface area contributed by atoms with Crippen molar-refractivity contribution in [3.05, 3.63) is 46.5 Å². The molecule has 0 unspecified atom stereocenters. The highest BCUT2D eigenvalue weighted by Gasteiger charge is 2.37. The lowest BCUT2D eigenvalue weighted by Crippen LogP contribution is -2.14. The van der Waals surface area contributed by atoms with E-state index in [4.69, 9.17) is 18.9 Å². The van der Waals surface area contributed by atoms with Crippen LogP contribution in [0, 0.1) is 0 Å². The SMILES string of the molecule is COc1ccc2c(c1OC)C1=C(C2=O)c2cc3c(cc2CCN1)OCO3. The van der Waals surface area contributed by atoms with Crippen LogP contribution < -0.4 is 24.3 Å². The van der Waals surface area contributed by atoms with Crippen molar-refractivity contribution in [1.29, 1.82) is 0 Å². The molecule has 0 fully saturated rings. The second-order valence-electron chi connectivity index (χ2n) is 6.34. The van der Waals surface area contributed by atoms with Crippen LogP contribution >= 0.6 is 0 Å². The van der Waals surface area contributed by atoms with Gasteiger partial charge >= 0.3 is 0 Å². The third-order valence-corrected chi connectivity index (χ3v) is 5.08. The van der Waals surface area contributed by atoms with Gasteiger partial charge in [-0.1, -0.05) is 0 Å². The molecule has 0 amide bonds. The number of benzene rings is 2. The molecule has 2 heterocycles. The van der Waals surface area contributed by atoms with Gasteiger partial charge in [-0.15, -0.1) is 0 Å². The molecule has 6 nitrogen and oxygen atoms in total. The third kappa shape index (κ3) is 1.89. The summed E-state index contributed by atoms with van der Waals surface area (Å²) < 4.78 is 22.0. The van der Waals surface area contributed by atoms with Gasteiger partial charge in [0, 0.05) is 12.1 Å². The van der Waals surface area contributed by atoms with E-state index in [0.29, 0.717) is 34.9 Å². The zero-order chi connectivity index (χ0) is 17.8. The van der Waals surface area contributed by atoms with Crippen molar-refractivity contribution in [3.63, 3.8) is 0 Å². The predicted octanol–water partition coefficient (Wildman–Crippen LogP) is 2.64. The first-order valence-corrected chi connectivity index (χ1v) is 8.44. The minimum Gasteiger partial charge on any atom is -0.493 e. The molecule has 0 spiro atoms. The van der Waals surface area contributed by atoms with Crippen LogP contribution in [0.1, 0.15) is 27.0 Å². The number of hydrogen-bond acceptors (Lipinski definition) is 6. The minimum absolute atomic E-state index is 0.0227. The maximum Gasteiger partial charge on any atom is 0.231 e. The Balaban J connectivity index is 1.78. The van der Waals surface area contributed by atoms with Crippen molar-refractivity contribution in [2.45, 2.75) is 6.42 Å². The van der Waals surface area contributed by atoms with E-state index in [1.165, 1.54) is 0 Å². The van der Waals surface area contributed by atoms with Gasteiger partial charge in [0.05, 0.1) is 31.1 Å². The van der Waals surface area contributed by atoms with Crippen LogP contribution in [-0.2, 0) is 6.42 Å². The van der Waals surface area contributed by atoms with Gasteiger partial charge in [-0.2, -0.15) is 0 Å².